The molecule has 6 heteroatoms. The first-order valence-corrected chi connectivity index (χ1v) is 6.30. The van der Waals surface area contributed by atoms with Gasteiger partial charge in [0.05, 0.1) is 11.0 Å². The van der Waals surface area contributed by atoms with Gasteiger partial charge in [-0.25, -0.2) is 4.21 Å². The first-order valence-electron chi connectivity index (χ1n) is 5.19. The third-order valence-corrected chi connectivity index (χ3v) is 3.52. The van der Waals surface area contributed by atoms with Crippen LogP contribution < -0.4 is 23.8 Å². The summed E-state index contributed by atoms with van der Waals surface area (Å²) in [7, 11) is 1.72. The summed E-state index contributed by atoms with van der Waals surface area (Å²) in [5.74, 6) is 0. The summed E-state index contributed by atoms with van der Waals surface area (Å²) in [5.41, 5.74) is 0.986. The van der Waals surface area contributed by atoms with Gasteiger partial charge in [-0.3, -0.25) is 0 Å². The molecule has 1 aromatic rings. The summed E-state index contributed by atoms with van der Waals surface area (Å²) >= 11 is -1.91. The molecule has 1 fully saturated rings. The van der Waals surface area contributed by atoms with E-state index < -0.39 is 11.1 Å². The zero-order chi connectivity index (χ0) is 11.5. The monoisotopic (exact) mass is 249 g/mol. The Hall–Kier alpha value is -0.313. The zero-order valence-corrected chi connectivity index (χ0v) is 10.9. The number of methoxy groups -OCH3 is 1. The van der Waals surface area contributed by atoms with E-state index in [1.807, 2.05) is 6.07 Å². The van der Waals surface area contributed by atoms with Crippen LogP contribution in [0.5, 0.6) is 0 Å². The van der Waals surface area contributed by atoms with E-state index in [1.165, 1.54) is 0 Å². The van der Waals surface area contributed by atoms with Crippen LogP contribution in [0.1, 0.15) is 7.85 Å². The van der Waals surface area contributed by atoms with Crippen molar-refractivity contribution in [2.75, 3.05) is 25.1 Å². The summed E-state index contributed by atoms with van der Waals surface area (Å²) in [6.45, 7) is 1.78. The van der Waals surface area contributed by atoms with Gasteiger partial charge < -0.3 is 15.6 Å². The number of ether oxygens (including phenoxy) is 1. The van der Waals surface area contributed by atoms with E-state index >= 15 is 0 Å². The average Bonchev–Trinajstić information content (AvgIpc) is 2.77. The molecule has 1 heterocycles. The molecule has 0 aromatic heterocycles. The summed E-state index contributed by atoms with van der Waals surface area (Å²) in [6.07, 6.45) is 1.27. The van der Waals surface area contributed by atoms with E-state index in [0.717, 1.165) is 25.2 Å². The molecule has 1 aliphatic rings. The first kappa shape index (κ1) is 14.7. The molecule has 2 rings (SSSR count). The van der Waals surface area contributed by atoms with Crippen molar-refractivity contribution in [3.8, 4) is 0 Å². The molecule has 0 bridgehead atoms. The van der Waals surface area contributed by atoms with E-state index in [0.29, 0.717) is 4.90 Å². The Kier molecular flexibility index (Phi) is 5.70. The van der Waals surface area contributed by atoms with Gasteiger partial charge in [0.15, 0.2) is 11.1 Å². The number of hydrogen-bond acceptors (Lipinski definition) is 3. The Balaban J connectivity index is 0.00000144. The molecule has 4 nitrogen and oxygen atoms in total. The van der Waals surface area contributed by atoms with Gasteiger partial charge in [0.1, 0.15) is 0 Å². The molecule has 1 N–H and O–H groups in total. The van der Waals surface area contributed by atoms with Crippen LogP contribution in [0.4, 0.5) is 5.69 Å². The third-order valence-electron chi connectivity index (χ3n) is 2.86. The topological polar surface area (TPSA) is 49.8 Å². The van der Waals surface area contributed by atoms with Crippen molar-refractivity contribution < 1.29 is 33.8 Å². The minimum atomic E-state index is -1.91. The van der Waals surface area contributed by atoms with Crippen molar-refractivity contribution >= 4 is 16.8 Å². The Labute approximate surface area is 117 Å². The van der Waals surface area contributed by atoms with Crippen LogP contribution in [-0.4, -0.2) is 35.1 Å². The fourth-order valence-electron chi connectivity index (χ4n) is 1.94. The van der Waals surface area contributed by atoms with E-state index in [9.17, 15) is 4.21 Å². The fourth-order valence-corrected chi connectivity index (χ4v) is 2.36. The summed E-state index contributed by atoms with van der Waals surface area (Å²) in [6, 6.07) is 7.17. The fraction of sp³-hybridized carbons (Fsp3) is 0.455. The molecule has 2 unspecified atom stereocenters. The van der Waals surface area contributed by atoms with Gasteiger partial charge in [0, 0.05) is 25.9 Å². The third kappa shape index (κ3) is 3.57. The number of benzene rings is 1. The number of nitrogens with zero attached hydrogens (tertiary/aromatic N) is 1. The van der Waals surface area contributed by atoms with E-state index in [1.54, 1.807) is 25.3 Å². The van der Waals surface area contributed by atoms with Crippen LogP contribution in [0.15, 0.2) is 29.2 Å². The van der Waals surface area contributed by atoms with Gasteiger partial charge in [0.2, 0.25) is 0 Å². The van der Waals surface area contributed by atoms with Crippen LogP contribution in [0.2, 0.25) is 0 Å². The maximum absolute atomic E-state index is 11.0. The number of rotatable bonds is 3. The normalized spacial score (nSPS) is 21.1. The smallest absolute Gasteiger partial charge is 1.00 e. The standard InChI is InChI=1S/C11H15NO3S.Li.H/c1-15-10-5-6-12(8-10)9-3-2-4-11(7-9)16(13)14;;/h2-4,7,10H,5-6,8H2,1H3,(H,13,14);;/q;+1;-1. The maximum atomic E-state index is 11.0. The number of anilines is 1. The van der Waals surface area contributed by atoms with Crippen molar-refractivity contribution in [3.05, 3.63) is 24.3 Å². The van der Waals surface area contributed by atoms with Gasteiger partial charge in [-0.05, 0) is 24.6 Å². The summed E-state index contributed by atoms with van der Waals surface area (Å²) < 4.78 is 25.3. The summed E-state index contributed by atoms with van der Waals surface area (Å²) in [4.78, 5) is 2.61. The molecule has 17 heavy (non-hydrogen) atoms. The van der Waals surface area contributed by atoms with Crippen LogP contribution in [0, 0.1) is 0 Å². The second kappa shape index (κ2) is 6.57. The molecule has 0 spiro atoms. The van der Waals surface area contributed by atoms with Crippen LogP contribution in [-0.2, 0) is 15.8 Å². The summed E-state index contributed by atoms with van der Waals surface area (Å²) in [5, 5.41) is 0. The average molecular weight is 249 g/mol. The molecule has 1 aliphatic heterocycles. The van der Waals surface area contributed by atoms with Gasteiger partial charge >= 0.3 is 18.9 Å². The van der Waals surface area contributed by atoms with Crippen molar-refractivity contribution in [2.24, 2.45) is 0 Å². The Morgan fingerprint density at radius 1 is 1.59 bits per heavy atom. The molecule has 0 aliphatic carbocycles. The van der Waals surface area contributed by atoms with Gasteiger partial charge in [-0.2, -0.15) is 0 Å². The molecule has 2 atom stereocenters. The molecule has 1 aromatic carbocycles. The minimum absolute atomic E-state index is 0. The van der Waals surface area contributed by atoms with Gasteiger partial charge in [-0.1, -0.05) is 6.07 Å². The predicted molar refractivity (Wildman–Crippen MR) is 64.2 cm³/mol. The predicted octanol–water partition coefficient (Wildman–Crippen LogP) is -1.39. The molecule has 0 saturated carbocycles. The van der Waals surface area contributed by atoms with E-state index in [-0.39, 0.29) is 26.4 Å². The molecular formula is C11H16LiNO3S. The number of hydrogen-bond donors (Lipinski definition) is 1. The SMILES string of the molecule is COC1CCN(c2cccc(S(=O)O)c2)C1.[H-].[Li+]. The van der Waals surface area contributed by atoms with Crippen LogP contribution in [0.3, 0.4) is 0 Å². The van der Waals surface area contributed by atoms with Crippen molar-refractivity contribution in [2.45, 2.75) is 17.4 Å². The molecule has 1 saturated heterocycles. The van der Waals surface area contributed by atoms with Crippen molar-refractivity contribution in [1.29, 1.82) is 0 Å². The minimum Gasteiger partial charge on any atom is -1.00 e. The Morgan fingerprint density at radius 2 is 2.35 bits per heavy atom. The molecule has 0 amide bonds. The largest absolute Gasteiger partial charge is 1.00 e. The Morgan fingerprint density at radius 3 is 2.94 bits per heavy atom. The molecular weight excluding hydrogens is 233 g/mol. The first-order chi connectivity index (χ1) is 7.70. The second-order valence-corrected chi connectivity index (χ2v) is 4.81. The quantitative estimate of drug-likeness (QED) is 0.529. The van der Waals surface area contributed by atoms with Crippen LogP contribution in [0.25, 0.3) is 0 Å². The van der Waals surface area contributed by atoms with Gasteiger partial charge in [-0.15, -0.1) is 0 Å². The maximum Gasteiger partial charge on any atom is 1.00 e. The van der Waals surface area contributed by atoms with E-state index in [2.05, 4.69) is 4.90 Å². The van der Waals surface area contributed by atoms with E-state index in [4.69, 9.17) is 9.29 Å². The second-order valence-electron chi connectivity index (χ2n) is 3.84. The molecule has 0 radical (unpaired) electrons. The van der Waals surface area contributed by atoms with Crippen molar-refractivity contribution in [1.82, 2.24) is 0 Å². The van der Waals surface area contributed by atoms with Gasteiger partial charge in [0.25, 0.3) is 0 Å². The molecule has 90 valence electrons. The van der Waals surface area contributed by atoms with Crippen LogP contribution >= 0.6 is 0 Å². The zero-order valence-electron chi connectivity index (χ0n) is 11.1. The Bertz CT molecular complexity index is 408. The van der Waals surface area contributed by atoms with Crippen molar-refractivity contribution in [3.63, 3.8) is 0 Å².